The molecule has 1 saturated heterocycles. The number of ether oxygens (including phenoxy) is 1. The third kappa shape index (κ3) is 3.05. The standard InChI is InChI=1S/C13H16F3NO3/c14-13(15,16)11-5-9(6-18)1-2-12(11)17-3-4-20-8-10(17)7-19/h1-2,5,10,18-19H,3-4,6-8H2. The molecule has 2 rings (SSSR count). The Balaban J connectivity index is 2.44. The zero-order chi connectivity index (χ0) is 14.8. The van der Waals surface area contributed by atoms with E-state index in [4.69, 9.17) is 9.84 Å². The highest BCUT2D eigenvalue weighted by Gasteiger charge is 2.37. The van der Waals surface area contributed by atoms with Gasteiger partial charge in [0.1, 0.15) is 0 Å². The number of alkyl halides is 3. The van der Waals surface area contributed by atoms with Crippen molar-refractivity contribution < 1.29 is 28.1 Å². The van der Waals surface area contributed by atoms with Gasteiger partial charge in [0, 0.05) is 12.2 Å². The number of rotatable bonds is 3. The molecule has 1 unspecified atom stereocenters. The lowest BCUT2D eigenvalue weighted by atomic mass is 10.1. The van der Waals surface area contributed by atoms with Crippen molar-refractivity contribution in [2.75, 3.05) is 31.3 Å². The maximum Gasteiger partial charge on any atom is 0.418 e. The van der Waals surface area contributed by atoms with E-state index < -0.39 is 24.4 Å². The molecule has 0 aromatic heterocycles. The molecule has 0 amide bonds. The van der Waals surface area contributed by atoms with E-state index in [1.807, 2.05) is 0 Å². The third-order valence-corrected chi connectivity index (χ3v) is 3.30. The largest absolute Gasteiger partial charge is 0.418 e. The first-order valence-corrected chi connectivity index (χ1v) is 6.23. The summed E-state index contributed by atoms with van der Waals surface area (Å²) in [5, 5.41) is 18.3. The Morgan fingerprint density at radius 1 is 1.30 bits per heavy atom. The SMILES string of the molecule is OCc1ccc(N2CCOCC2CO)c(C(F)(F)F)c1. The number of morpholine rings is 1. The summed E-state index contributed by atoms with van der Waals surface area (Å²) in [6.07, 6.45) is -4.52. The number of anilines is 1. The lowest BCUT2D eigenvalue weighted by Crippen LogP contribution is -2.48. The lowest BCUT2D eigenvalue weighted by molar-refractivity contribution is -0.137. The van der Waals surface area contributed by atoms with Crippen LogP contribution in [0, 0.1) is 0 Å². The molecule has 0 aliphatic carbocycles. The van der Waals surface area contributed by atoms with Gasteiger partial charge in [-0.15, -0.1) is 0 Å². The monoisotopic (exact) mass is 291 g/mol. The average Bonchev–Trinajstić information content (AvgIpc) is 2.45. The number of hydrogen-bond donors (Lipinski definition) is 2. The first-order valence-electron chi connectivity index (χ1n) is 6.23. The summed E-state index contributed by atoms with van der Waals surface area (Å²) >= 11 is 0. The van der Waals surface area contributed by atoms with E-state index in [-0.39, 0.29) is 31.0 Å². The predicted octanol–water partition coefficient (Wildman–Crippen LogP) is 1.40. The van der Waals surface area contributed by atoms with Crippen LogP contribution in [0.4, 0.5) is 18.9 Å². The van der Waals surface area contributed by atoms with E-state index in [0.717, 1.165) is 6.07 Å². The van der Waals surface area contributed by atoms with E-state index >= 15 is 0 Å². The fourth-order valence-electron chi connectivity index (χ4n) is 2.28. The zero-order valence-electron chi connectivity index (χ0n) is 10.7. The summed E-state index contributed by atoms with van der Waals surface area (Å²) < 4.78 is 44.6. The van der Waals surface area contributed by atoms with Gasteiger partial charge in [0.2, 0.25) is 0 Å². The molecule has 4 nitrogen and oxygen atoms in total. The van der Waals surface area contributed by atoms with Crippen LogP contribution in [0.5, 0.6) is 0 Å². The Morgan fingerprint density at radius 2 is 2.05 bits per heavy atom. The number of hydrogen-bond acceptors (Lipinski definition) is 4. The van der Waals surface area contributed by atoms with Crippen LogP contribution >= 0.6 is 0 Å². The summed E-state index contributed by atoms with van der Waals surface area (Å²) in [6.45, 7) is 0.0623. The highest BCUT2D eigenvalue weighted by Crippen LogP contribution is 2.38. The van der Waals surface area contributed by atoms with Gasteiger partial charge < -0.3 is 19.8 Å². The number of aliphatic hydroxyl groups excluding tert-OH is 2. The predicted molar refractivity (Wildman–Crippen MR) is 66.4 cm³/mol. The van der Waals surface area contributed by atoms with Crippen molar-refractivity contribution in [2.45, 2.75) is 18.8 Å². The van der Waals surface area contributed by atoms with Gasteiger partial charge >= 0.3 is 6.18 Å². The number of benzene rings is 1. The van der Waals surface area contributed by atoms with Crippen molar-refractivity contribution in [2.24, 2.45) is 0 Å². The Labute approximate surface area is 114 Å². The minimum atomic E-state index is -4.52. The molecule has 0 radical (unpaired) electrons. The minimum absolute atomic E-state index is 0.0112. The van der Waals surface area contributed by atoms with Crippen LogP contribution in [0.25, 0.3) is 0 Å². The Kier molecular flexibility index (Phi) is 4.52. The van der Waals surface area contributed by atoms with Crippen LogP contribution in [0.15, 0.2) is 18.2 Å². The number of aliphatic hydroxyl groups is 2. The fraction of sp³-hybridized carbons (Fsp3) is 0.538. The summed E-state index contributed by atoms with van der Waals surface area (Å²) in [7, 11) is 0. The molecule has 1 aromatic rings. The van der Waals surface area contributed by atoms with Gasteiger partial charge in [-0.05, 0) is 17.7 Å². The molecule has 1 aromatic carbocycles. The molecular formula is C13H16F3NO3. The van der Waals surface area contributed by atoms with Crippen molar-refractivity contribution in [1.82, 2.24) is 0 Å². The van der Waals surface area contributed by atoms with Crippen molar-refractivity contribution in [3.05, 3.63) is 29.3 Å². The van der Waals surface area contributed by atoms with E-state index in [9.17, 15) is 18.3 Å². The van der Waals surface area contributed by atoms with Crippen LogP contribution in [0.2, 0.25) is 0 Å². The first kappa shape index (κ1) is 15.1. The summed E-state index contributed by atoms with van der Waals surface area (Å²) in [4.78, 5) is 1.51. The quantitative estimate of drug-likeness (QED) is 0.884. The molecule has 2 N–H and O–H groups in total. The van der Waals surface area contributed by atoms with Gasteiger partial charge in [-0.3, -0.25) is 0 Å². The van der Waals surface area contributed by atoms with Crippen molar-refractivity contribution in [1.29, 1.82) is 0 Å². The zero-order valence-corrected chi connectivity index (χ0v) is 10.7. The number of halogens is 3. The van der Waals surface area contributed by atoms with Gasteiger partial charge in [-0.25, -0.2) is 0 Å². The first-order chi connectivity index (χ1) is 9.47. The van der Waals surface area contributed by atoms with Gasteiger partial charge in [0.15, 0.2) is 0 Å². The van der Waals surface area contributed by atoms with Crippen LogP contribution in [0.3, 0.4) is 0 Å². The molecule has 0 saturated carbocycles. The Bertz CT molecular complexity index is 465. The molecule has 0 spiro atoms. The van der Waals surface area contributed by atoms with Crippen LogP contribution in [0.1, 0.15) is 11.1 Å². The molecular weight excluding hydrogens is 275 g/mol. The van der Waals surface area contributed by atoms with Crippen LogP contribution < -0.4 is 4.90 Å². The van der Waals surface area contributed by atoms with Crippen molar-refractivity contribution in [3.63, 3.8) is 0 Å². The van der Waals surface area contributed by atoms with Gasteiger partial charge in [-0.1, -0.05) is 6.07 Å². The van der Waals surface area contributed by atoms with Gasteiger partial charge in [-0.2, -0.15) is 13.2 Å². The van der Waals surface area contributed by atoms with Gasteiger partial charge in [0.05, 0.1) is 38.0 Å². The maximum absolute atomic E-state index is 13.1. The molecule has 20 heavy (non-hydrogen) atoms. The van der Waals surface area contributed by atoms with Gasteiger partial charge in [0.25, 0.3) is 0 Å². The summed E-state index contributed by atoms with van der Waals surface area (Å²) in [5.41, 5.74) is -0.587. The molecule has 1 aliphatic heterocycles. The second kappa shape index (κ2) is 5.99. The second-order valence-corrected chi connectivity index (χ2v) is 4.61. The van der Waals surface area contributed by atoms with E-state index in [1.54, 1.807) is 0 Å². The molecule has 0 bridgehead atoms. The summed E-state index contributed by atoms with van der Waals surface area (Å²) in [5.74, 6) is 0. The normalized spacial score (nSPS) is 20.2. The lowest BCUT2D eigenvalue weighted by Gasteiger charge is -2.37. The van der Waals surface area contributed by atoms with E-state index in [1.165, 1.54) is 17.0 Å². The highest BCUT2D eigenvalue weighted by molar-refractivity contribution is 5.57. The highest BCUT2D eigenvalue weighted by atomic mass is 19.4. The average molecular weight is 291 g/mol. The third-order valence-electron chi connectivity index (χ3n) is 3.30. The Hall–Kier alpha value is -1.31. The maximum atomic E-state index is 13.1. The van der Waals surface area contributed by atoms with E-state index in [0.29, 0.717) is 6.61 Å². The minimum Gasteiger partial charge on any atom is -0.394 e. The molecule has 1 fully saturated rings. The molecule has 7 heteroatoms. The van der Waals surface area contributed by atoms with Crippen LogP contribution in [-0.2, 0) is 17.5 Å². The van der Waals surface area contributed by atoms with Crippen LogP contribution in [-0.4, -0.2) is 42.6 Å². The topological polar surface area (TPSA) is 52.9 Å². The number of nitrogens with zero attached hydrogens (tertiary/aromatic N) is 1. The molecule has 1 atom stereocenters. The summed E-state index contributed by atoms with van der Waals surface area (Å²) in [6, 6.07) is 3.24. The van der Waals surface area contributed by atoms with Crippen molar-refractivity contribution in [3.8, 4) is 0 Å². The van der Waals surface area contributed by atoms with E-state index in [2.05, 4.69) is 0 Å². The van der Waals surface area contributed by atoms with Crippen molar-refractivity contribution >= 4 is 5.69 Å². The fourth-order valence-corrected chi connectivity index (χ4v) is 2.28. The molecule has 112 valence electrons. The molecule has 1 aliphatic rings. The molecule has 1 heterocycles. The Morgan fingerprint density at radius 3 is 2.65 bits per heavy atom. The smallest absolute Gasteiger partial charge is 0.394 e. The second-order valence-electron chi connectivity index (χ2n) is 4.61.